The number of carbonyl (C=O) groups is 1. The van der Waals surface area contributed by atoms with Gasteiger partial charge in [-0.05, 0) is 30.5 Å². The maximum atomic E-state index is 12.3. The molecule has 3 aromatic heterocycles. The van der Waals surface area contributed by atoms with Gasteiger partial charge in [0.1, 0.15) is 5.82 Å². The molecule has 0 saturated heterocycles. The third-order valence-corrected chi connectivity index (χ3v) is 3.81. The van der Waals surface area contributed by atoms with Crippen LogP contribution in [-0.4, -0.2) is 32.0 Å². The molecule has 2 N–H and O–H groups in total. The summed E-state index contributed by atoms with van der Waals surface area (Å²) >= 11 is 0. The Bertz CT molecular complexity index is 942. The van der Waals surface area contributed by atoms with Crippen molar-refractivity contribution >= 4 is 11.6 Å². The molecule has 3 rings (SSSR count). The summed E-state index contributed by atoms with van der Waals surface area (Å²) in [6, 6.07) is 8.75. The van der Waals surface area contributed by atoms with Crippen molar-refractivity contribution in [2.24, 2.45) is 5.92 Å². The lowest BCUT2D eigenvalue weighted by Crippen LogP contribution is -2.27. The van der Waals surface area contributed by atoms with Gasteiger partial charge in [0.25, 0.3) is 5.91 Å². The maximum absolute atomic E-state index is 12.3. The molecule has 25 heavy (non-hydrogen) atoms. The van der Waals surface area contributed by atoms with E-state index in [1.807, 2.05) is 28.8 Å². The molecule has 1 amide bonds. The molecule has 3 aromatic rings. The summed E-state index contributed by atoms with van der Waals surface area (Å²) in [5.74, 6) is 0.919. The van der Waals surface area contributed by atoms with Crippen LogP contribution in [0.2, 0.25) is 0 Å². The van der Waals surface area contributed by atoms with E-state index in [0.29, 0.717) is 24.4 Å². The van der Waals surface area contributed by atoms with Gasteiger partial charge in [0.2, 0.25) is 5.56 Å². The average molecular weight is 339 g/mol. The summed E-state index contributed by atoms with van der Waals surface area (Å²) < 4.78 is 1.89. The fourth-order valence-corrected chi connectivity index (χ4v) is 2.73. The Kier molecular flexibility index (Phi) is 4.92. The second-order valence-corrected chi connectivity index (χ2v) is 6.41. The number of pyridine rings is 2. The number of aromatic nitrogens is 4. The maximum Gasteiger partial charge on any atom is 0.251 e. The Morgan fingerprint density at radius 2 is 2.12 bits per heavy atom. The molecular weight excluding hydrogens is 318 g/mol. The average Bonchev–Trinajstić information content (AvgIpc) is 2.97. The van der Waals surface area contributed by atoms with Crippen molar-refractivity contribution in [2.45, 2.75) is 26.7 Å². The zero-order valence-corrected chi connectivity index (χ0v) is 14.3. The van der Waals surface area contributed by atoms with Gasteiger partial charge in [0.15, 0.2) is 5.65 Å². The van der Waals surface area contributed by atoms with Crippen LogP contribution in [-0.2, 0) is 12.8 Å². The molecule has 0 spiro atoms. The van der Waals surface area contributed by atoms with Crippen molar-refractivity contribution in [3.05, 3.63) is 64.0 Å². The van der Waals surface area contributed by atoms with E-state index in [4.69, 9.17) is 0 Å². The second-order valence-electron chi connectivity index (χ2n) is 6.41. The monoisotopic (exact) mass is 339 g/mol. The van der Waals surface area contributed by atoms with E-state index in [1.54, 1.807) is 6.07 Å². The first-order valence-electron chi connectivity index (χ1n) is 8.33. The molecule has 0 saturated carbocycles. The molecule has 0 bridgehead atoms. The fourth-order valence-electron chi connectivity index (χ4n) is 2.73. The Morgan fingerprint density at radius 1 is 1.28 bits per heavy atom. The number of H-pyrrole nitrogens is 1. The minimum atomic E-state index is -0.259. The summed E-state index contributed by atoms with van der Waals surface area (Å²) in [6.07, 6.45) is 3.17. The number of hydrogen-bond acceptors (Lipinski definition) is 4. The fraction of sp³-hybridized carbons (Fsp3) is 0.333. The van der Waals surface area contributed by atoms with E-state index in [2.05, 4.69) is 34.3 Å². The number of amides is 1. The predicted molar refractivity (Wildman–Crippen MR) is 94.6 cm³/mol. The first kappa shape index (κ1) is 16.9. The van der Waals surface area contributed by atoms with Gasteiger partial charge in [0.05, 0.1) is 0 Å². The zero-order valence-electron chi connectivity index (χ0n) is 14.3. The third-order valence-electron chi connectivity index (χ3n) is 3.81. The Hall–Kier alpha value is -2.96. The Balaban J connectivity index is 1.64. The molecule has 0 fully saturated rings. The quantitative estimate of drug-likeness (QED) is 0.713. The molecule has 0 aliphatic carbocycles. The molecule has 3 heterocycles. The van der Waals surface area contributed by atoms with Crippen molar-refractivity contribution in [2.75, 3.05) is 6.54 Å². The van der Waals surface area contributed by atoms with E-state index in [0.717, 1.165) is 23.6 Å². The number of hydrogen-bond donors (Lipinski definition) is 2. The number of fused-ring (bicyclic) bond motifs is 1. The molecule has 7 heteroatoms. The minimum Gasteiger partial charge on any atom is -0.352 e. The molecule has 7 nitrogen and oxygen atoms in total. The smallest absolute Gasteiger partial charge is 0.251 e. The zero-order chi connectivity index (χ0) is 17.8. The molecule has 0 aliphatic rings. The van der Waals surface area contributed by atoms with Crippen LogP contribution in [0.25, 0.3) is 5.65 Å². The highest BCUT2D eigenvalue weighted by molar-refractivity contribution is 5.94. The highest BCUT2D eigenvalue weighted by Crippen LogP contribution is 2.06. The van der Waals surface area contributed by atoms with Crippen molar-refractivity contribution in [3.63, 3.8) is 0 Å². The molecule has 0 aliphatic heterocycles. The van der Waals surface area contributed by atoms with E-state index in [9.17, 15) is 9.59 Å². The summed E-state index contributed by atoms with van der Waals surface area (Å²) in [4.78, 5) is 26.8. The van der Waals surface area contributed by atoms with Crippen molar-refractivity contribution in [3.8, 4) is 0 Å². The molecular formula is C18H21N5O2. The van der Waals surface area contributed by atoms with Crippen LogP contribution in [0.5, 0.6) is 0 Å². The summed E-state index contributed by atoms with van der Waals surface area (Å²) in [7, 11) is 0. The number of carbonyl (C=O) groups excluding carboxylic acids is 1. The first-order valence-corrected chi connectivity index (χ1v) is 8.33. The van der Waals surface area contributed by atoms with Gasteiger partial charge in [-0.1, -0.05) is 19.9 Å². The van der Waals surface area contributed by atoms with Gasteiger partial charge >= 0.3 is 0 Å². The van der Waals surface area contributed by atoms with Gasteiger partial charge in [-0.3, -0.25) is 14.0 Å². The van der Waals surface area contributed by atoms with Gasteiger partial charge in [-0.25, -0.2) is 0 Å². The SMILES string of the molecule is CC(C)Cc1cc(C(=O)NCCc2nnc3ccccn23)cc(=O)[nH]1. The lowest BCUT2D eigenvalue weighted by atomic mass is 10.1. The van der Waals surface area contributed by atoms with Crippen LogP contribution in [0.15, 0.2) is 41.3 Å². The van der Waals surface area contributed by atoms with Gasteiger partial charge in [-0.15, -0.1) is 10.2 Å². The largest absolute Gasteiger partial charge is 0.352 e. The number of aromatic amines is 1. The first-order chi connectivity index (χ1) is 12.0. The van der Waals surface area contributed by atoms with Crippen LogP contribution in [0.1, 0.15) is 35.7 Å². The molecule has 0 unspecified atom stereocenters. The number of rotatable bonds is 6. The van der Waals surface area contributed by atoms with E-state index in [-0.39, 0.29) is 11.5 Å². The third kappa shape index (κ3) is 4.12. The van der Waals surface area contributed by atoms with Crippen molar-refractivity contribution in [1.29, 1.82) is 0 Å². The lowest BCUT2D eigenvalue weighted by Gasteiger charge is -2.08. The van der Waals surface area contributed by atoms with Crippen LogP contribution < -0.4 is 10.9 Å². The standard InChI is InChI=1S/C18H21N5O2/c1-12(2)9-14-10-13(11-17(24)20-14)18(25)19-7-6-16-22-21-15-5-3-4-8-23(15)16/h3-5,8,10-12H,6-7,9H2,1-2H3,(H,19,25)(H,20,24). The predicted octanol–water partition coefficient (Wildman–Crippen LogP) is 1.59. The van der Waals surface area contributed by atoms with Crippen molar-refractivity contribution in [1.82, 2.24) is 24.9 Å². The normalized spacial score (nSPS) is 11.2. The second kappa shape index (κ2) is 7.29. The van der Waals surface area contributed by atoms with E-state index in [1.165, 1.54) is 6.07 Å². The van der Waals surface area contributed by atoms with Crippen LogP contribution in [0.4, 0.5) is 0 Å². The van der Waals surface area contributed by atoms with Gasteiger partial charge in [0, 0.05) is 36.5 Å². The van der Waals surface area contributed by atoms with Crippen molar-refractivity contribution < 1.29 is 4.79 Å². The summed E-state index contributed by atoms with van der Waals surface area (Å²) in [5.41, 5.74) is 1.67. The van der Waals surface area contributed by atoms with Crippen LogP contribution in [0.3, 0.4) is 0 Å². The topological polar surface area (TPSA) is 92.2 Å². The highest BCUT2D eigenvalue weighted by atomic mass is 16.2. The number of nitrogens with zero attached hydrogens (tertiary/aromatic N) is 3. The molecule has 130 valence electrons. The molecule has 0 aromatic carbocycles. The van der Waals surface area contributed by atoms with E-state index < -0.39 is 0 Å². The number of nitrogens with one attached hydrogen (secondary N) is 2. The Morgan fingerprint density at radius 3 is 2.92 bits per heavy atom. The van der Waals surface area contributed by atoms with E-state index >= 15 is 0 Å². The summed E-state index contributed by atoms with van der Waals surface area (Å²) in [6.45, 7) is 4.54. The lowest BCUT2D eigenvalue weighted by molar-refractivity contribution is 0.0953. The molecule has 0 atom stereocenters. The summed E-state index contributed by atoms with van der Waals surface area (Å²) in [5, 5.41) is 11.0. The van der Waals surface area contributed by atoms with Gasteiger partial charge < -0.3 is 10.3 Å². The van der Waals surface area contributed by atoms with Gasteiger partial charge in [-0.2, -0.15) is 0 Å². The minimum absolute atomic E-state index is 0.258. The van der Waals surface area contributed by atoms with Crippen LogP contribution in [0, 0.1) is 5.92 Å². The molecule has 0 radical (unpaired) electrons. The van der Waals surface area contributed by atoms with Crippen LogP contribution >= 0.6 is 0 Å². The highest BCUT2D eigenvalue weighted by Gasteiger charge is 2.10. The Labute approximate surface area is 145 Å².